The monoisotopic (exact) mass is 480 g/mol. The molecule has 36 heavy (non-hydrogen) atoms. The van der Waals surface area contributed by atoms with Crippen molar-refractivity contribution < 1.29 is 14.3 Å². The zero-order valence-electron chi connectivity index (χ0n) is 21.1. The van der Waals surface area contributed by atoms with Crippen molar-refractivity contribution in [1.29, 1.82) is 0 Å². The molecule has 3 aromatic carbocycles. The van der Waals surface area contributed by atoms with Gasteiger partial charge in [-0.1, -0.05) is 63.2 Å². The number of fused-ring (bicyclic) bond motifs is 1. The van der Waals surface area contributed by atoms with Crippen LogP contribution in [-0.4, -0.2) is 18.3 Å². The highest BCUT2D eigenvalue weighted by Gasteiger charge is 2.43. The molecule has 0 spiro atoms. The standard InChI is InChI=1S/C31H32N2O3/c1-4-17-36-23-14-10-13-22(18-23)29-28-25(19-31(2,3)20-27(28)34)32-24-15-8-9-16-26(24)33(29)30(35)21-11-6-5-7-12-21/h5-16,18,29,32H,4,17,19-20H2,1-3H3. The molecule has 1 aliphatic heterocycles. The predicted molar refractivity (Wildman–Crippen MR) is 143 cm³/mol. The lowest BCUT2D eigenvalue weighted by molar-refractivity contribution is -0.118. The summed E-state index contributed by atoms with van der Waals surface area (Å²) in [6.45, 7) is 6.91. The number of benzene rings is 3. The number of nitrogens with zero attached hydrogens (tertiary/aromatic N) is 1. The molecular weight excluding hydrogens is 448 g/mol. The van der Waals surface area contributed by atoms with Gasteiger partial charge in [-0.3, -0.25) is 14.5 Å². The van der Waals surface area contributed by atoms with E-state index in [9.17, 15) is 9.59 Å². The number of ether oxygens (including phenoxy) is 1. The normalized spacial score (nSPS) is 18.6. The SMILES string of the molecule is CCCOc1cccc(C2C3=C(CC(C)(C)CC3=O)Nc3ccccc3N2C(=O)c2ccccc2)c1. The molecule has 1 atom stereocenters. The summed E-state index contributed by atoms with van der Waals surface area (Å²) in [5.41, 5.74) is 4.36. The van der Waals surface area contributed by atoms with Gasteiger partial charge in [-0.15, -0.1) is 0 Å². The van der Waals surface area contributed by atoms with Crippen LogP contribution < -0.4 is 15.0 Å². The van der Waals surface area contributed by atoms with Crippen molar-refractivity contribution in [3.05, 3.63) is 101 Å². The van der Waals surface area contributed by atoms with Gasteiger partial charge in [0.2, 0.25) is 0 Å². The van der Waals surface area contributed by atoms with Gasteiger partial charge in [0, 0.05) is 23.3 Å². The Balaban J connectivity index is 1.76. The molecule has 0 aromatic heterocycles. The van der Waals surface area contributed by atoms with Gasteiger partial charge in [0.25, 0.3) is 5.91 Å². The van der Waals surface area contributed by atoms with E-state index in [0.717, 1.165) is 41.2 Å². The molecule has 1 heterocycles. The second-order valence-electron chi connectivity index (χ2n) is 10.3. The molecule has 2 aliphatic rings. The van der Waals surface area contributed by atoms with E-state index in [-0.39, 0.29) is 17.1 Å². The molecule has 0 fully saturated rings. The van der Waals surface area contributed by atoms with E-state index in [1.54, 1.807) is 4.90 Å². The topological polar surface area (TPSA) is 58.6 Å². The van der Waals surface area contributed by atoms with E-state index in [0.29, 0.717) is 24.2 Å². The van der Waals surface area contributed by atoms with Crippen LogP contribution in [0.4, 0.5) is 11.4 Å². The van der Waals surface area contributed by atoms with Crippen LogP contribution in [0.5, 0.6) is 5.75 Å². The van der Waals surface area contributed by atoms with E-state index in [4.69, 9.17) is 4.74 Å². The highest BCUT2D eigenvalue weighted by atomic mass is 16.5. The highest BCUT2D eigenvalue weighted by Crippen LogP contribution is 2.49. The third kappa shape index (κ3) is 4.53. The first-order chi connectivity index (χ1) is 17.4. The van der Waals surface area contributed by atoms with Gasteiger partial charge < -0.3 is 10.1 Å². The van der Waals surface area contributed by atoms with Crippen LogP contribution in [0.15, 0.2) is 90.1 Å². The number of rotatable bonds is 5. The summed E-state index contributed by atoms with van der Waals surface area (Å²) in [6.07, 6.45) is 2.05. The lowest BCUT2D eigenvalue weighted by Gasteiger charge is -2.37. The van der Waals surface area contributed by atoms with Crippen LogP contribution in [-0.2, 0) is 4.79 Å². The fourth-order valence-corrected chi connectivity index (χ4v) is 5.24. The van der Waals surface area contributed by atoms with Crippen LogP contribution in [0.3, 0.4) is 0 Å². The number of carbonyl (C=O) groups is 2. The van der Waals surface area contributed by atoms with Crippen LogP contribution >= 0.6 is 0 Å². The zero-order valence-corrected chi connectivity index (χ0v) is 21.1. The van der Waals surface area contributed by atoms with Crippen LogP contribution in [0.2, 0.25) is 0 Å². The molecule has 5 nitrogen and oxygen atoms in total. The lowest BCUT2D eigenvalue weighted by Crippen LogP contribution is -2.39. The van der Waals surface area contributed by atoms with Crippen molar-refractivity contribution in [2.45, 2.75) is 46.1 Å². The first kappa shape index (κ1) is 23.9. The highest BCUT2D eigenvalue weighted by molar-refractivity contribution is 6.12. The van der Waals surface area contributed by atoms with Gasteiger partial charge >= 0.3 is 0 Å². The lowest BCUT2D eigenvalue weighted by atomic mass is 9.73. The molecule has 5 heteroatoms. The number of hydrogen-bond donors (Lipinski definition) is 1. The molecule has 3 aromatic rings. The molecule has 1 N–H and O–H groups in total. The molecule has 184 valence electrons. The Morgan fingerprint density at radius 3 is 2.53 bits per heavy atom. The number of Topliss-reactive ketones (excluding diaryl/α,β-unsaturated/α-hetero) is 1. The van der Waals surface area contributed by atoms with Crippen LogP contribution in [0, 0.1) is 5.41 Å². The fraction of sp³-hybridized carbons (Fsp3) is 0.290. The summed E-state index contributed by atoms with van der Waals surface area (Å²) in [6, 6.07) is 24.3. The first-order valence-corrected chi connectivity index (χ1v) is 12.6. The number of anilines is 2. The Bertz CT molecular complexity index is 1330. The van der Waals surface area contributed by atoms with E-state index in [1.165, 1.54) is 0 Å². The maximum absolute atomic E-state index is 14.2. The minimum Gasteiger partial charge on any atom is -0.494 e. The maximum atomic E-state index is 14.2. The Labute approximate surface area is 212 Å². The minimum absolute atomic E-state index is 0.0669. The summed E-state index contributed by atoms with van der Waals surface area (Å²) < 4.78 is 5.94. The summed E-state index contributed by atoms with van der Waals surface area (Å²) in [5, 5.41) is 3.57. The fourth-order valence-electron chi connectivity index (χ4n) is 5.24. The number of hydrogen-bond acceptors (Lipinski definition) is 4. The number of nitrogens with one attached hydrogen (secondary N) is 1. The Kier molecular flexibility index (Phi) is 6.40. The van der Waals surface area contributed by atoms with Gasteiger partial charge in [0.1, 0.15) is 5.75 Å². The molecule has 0 bridgehead atoms. The van der Waals surface area contributed by atoms with Crippen LogP contribution in [0.1, 0.15) is 62.0 Å². The summed E-state index contributed by atoms with van der Waals surface area (Å²) >= 11 is 0. The van der Waals surface area contributed by atoms with Gasteiger partial charge in [-0.2, -0.15) is 0 Å². The van der Waals surface area contributed by atoms with Crippen molar-refractivity contribution in [3.63, 3.8) is 0 Å². The van der Waals surface area contributed by atoms with Gasteiger partial charge in [0.15, 0.2) is 5.78 Å². The predicted octanol–water partition coefficient (Wildman–Crippen LogP) is 6.93. The van der Waals surface area contributed by atoms with Gasteiger partial charge in [-0.25, -0.2) is 0 Å². The molecule has 0 saturated heterocycles. The Hall–Kier alpha value is -3.86. The number of para-hydroxylation sites is 2. The number of allylic oxidation sites excluding steroid dienone is 1. The molecule has 0 radical (unpaired) electrons. The van der Waals surface area contributed by atoms with E-state index < -0.39 is 6.04 Å². The number of ketones is 1. The van der Waals surface area contributed by atoms with Crippen molar-refractivity contribution in [2.24, 2.45) is 5.41 Å². The Morgan fingerprint density at radius 1 is 1.00 bits per heavy atom. The first-order valence-electron chi connectivity index (χ1n) is 12.6. The molecule has 1 aliphatic carbocycles. The maximum Gasteiger partial charge on any atom is 0.259 e. The van der Waals surface area contributed by atoms with E-state index in [2.05, 4.69) is 26.1 Å². The second kappa shape index (κ2) is 9.65. The van der Waals surface area contributed by atoms with E-state index in [1.807, 2.05) is 78.9 Å². The number of amides is 1. The molecular formula is C31H32N2O3. The molecule has 1 unspecified atom stereocenters. The summed E-state index contributed by atoms with van der Waals surface area (Å²) in [4.78, 5) is 29.8. The van der Waals surface area contributed by atoms with Crippen molar-refractivity contribution >= 4 is 23.1 Å². The molecule has 0 saturated carbocycles. The zero-order chi connectivity index (χ0) is 25.3. The molecule has 5 rings (SSSR count). The Morgan fingerprint density at radius 2 is 1.75 bits per heavy atom. The minimum atomic E-state index is -0.586. The van der Waals surface area contributed by atoms with Crippen molar-refractivity contribution in [3.8, 4) is 5.75 Å². The van der Waals surface area contributed by atoms with Crippen molar-refractivity contribution in [1.82, 2.24) is 0 Å². The second-order valence-corrected chi connectivity index (χ2v) is 10.3. The quantitative estimate of drug-likeness (QED) is 0.430. The summed E-state index contributed by atoms with van der Waals surface area (Å²) in [7, 11) is 0. The van der Waals surface area contributed by atoms with Gasteiger partial charge in [-0.05, 0) is 60.2 Å². The van der Waals surface area contributed by atoms with Gasteiger partial charge in [0.05, 0.1) is 24.0 Å². The average molecular weight is 481 g/mol. The van der Waals surface area contributed by atoms with E-state index >= 15 is 0 Å². The average Bonchev–Trinajstić information content (AvgIpc) is 3.01. The number of carbonyl (C=O) groups excluding carboxylic acids is 2. The molecule has 1 amide bonds. The van der Waals surface area contributed by atoms with Crippen molar-refractivity contribution in [2.75, 3.05) is 16.8 Å². The van der Waals surface area contributed by atoms with Crippen LogP contribution in [0.25, 0.3) is 0 Å². The smallest absolute Gasteiger partial charge is 0.259 e. The third-order valence-corrected chi connectivity index (χ3v) is 6.79. The third-order valence-electron chi connectivity index (χ3n) is 6.79. The largest absolute Gasteiger partial charge is 0.494 e. The summed E-state index contributed by atoms with van der Waals surface area (Å²) in [5.74, 6) is 0.649.